The molecule has 0 aliphatic carbocycles. The van der Waals surface area contributed by atoms with Crippen molar-refractivity contribution in [1.82, 2.24) is 10.6 Å². The number of rotatable bonds is 9. The first-order valence-corrected chi connectivity index (χ1v) is 11.8. The molecule has 1 unspecified atom stereocenters. The number of sulfone groups is 1. The average Bonchev–Trinajstić information content (AvgIpc) is 3.16. The van der Waals surface area contributed by atoms with Crippen LogP contribution in [0.4, 0.5) is 0 Å². The molecule has 146 valence electrons. The molecule has 1 fully saturated rings. The van der Waals surface area contributed by atoms with Gasteiger partial charge in [-0.2, -0.15) is 0 Å². The lowest BCUT2D eigenvalue weighted by Gasteiger charge is -2.10. The highest BCUT2D eigenvalue weighted by molar-refractivity contribution is 8.00. The van der Waals surface area contributed by atoms with Crippen molar-refractivity contribution in [2.24, 2.45) is 0 Å². The molecule has 5 nitrogen and oxygen atoms in total. The molecule has 0 bridgehead atoms. The molecule has 2 aromatic carbocycles. The average molecular weight is 407 g/mol. The number of ether oxygens (including phenoxy) is 1. The summed E-state index contributed by atoms with van der Waals surface area (Å²) in [4.78, 5) is 0.340. The summed E-state index contributed by atoms with van der Waals surface area (Å²) in [5.41, 5.74) is 2.35. The van der Waals surface area contributed by atoms with E-state index in [0.717, 1.165) is 30.2 Å². The van der Waals surface area contributed by atoms with Crippen molar-refractivity contribution < 1.29 is 13.2 Å². The van der Waals surface area contributed by atoms with Gasteiger partial charge in [0.05, 0.1) is 4.90 Å². The van der Waals surface area contributed by atoms with Crippen LogP contribution in [0.3, 0.4) is 0 Å². The van der Waals surface area contributed by atoms with Gasteiger partial charge in [-0.05, 0) is 43.2 Å². The zero-order valence-corrected chi connectivity index (χ0v) is 17.1. The Bertz CT molecular complexity index is 815. The summed E-state index contributed by atoms with van der Waals surface area (Å²) in [6.07, 6.45) is 1.07. The molecule has 0 spiro atoms. The zero-order valence-electron chi connectivity index (χ0n) is 15.5. The van der Waals surface area contributed by atoms with Gasteiger partial charge in [-0.25, -0.2) is 8.42 Å². The Hall–Kier alpha value is -1.54. The normalized spacial score (nSPS) is 17.1. The minimum atomic E-state index is -3.31. The van der Waals surface area contributed by atoms with Crippen molar-refractivity contribution >= 4 is 21.6 Å². The second-order valence-electron chi connectivity index (χ2n) is 6.66. The predicted molar refractivity (Wildman–Crippen MR) is 111 cm³/mol. The summed E-state index contributed by atoms with van der Waals surface area (Å²) < 4.78 is 30.2. The van der Waals surface area contributed by atoms with Gasteiger partial charge in [-0.3, -0.25) is 5.32 Å². The van der Waals surface area contributed by atoms with Gasteiger partial charge in [0.15, 0.2) is 9.84 Å². The number of hydrogen-bond acceptors (Lipinski definition) is 6. The van der Waals surface area contributed by atoms with E-state index in [1.54, 1.807) is 12.1 Å². The third-order valence-electron chi connectivity index (χ3n) is 4.40. The number of hydrogen-bond donors (Lipinski definition) is 2. The van der Waals surface area contributed by atoms with Gasteiger partial charge in [-0.15, -0.1) is 11.8 Å². The molecule has 1 atom stereocenters. The summed E-state index contributed by atoms with van der Waals surface area (Å²) in [6, 6.07) is 15.1. The van der Waals surface area contributed by atoms with Crippen molar-refractivity contribution in [2.75, 3.05) is 31.4 Å². The van der Waals surface area contributed by atoms with Gasteiger partial charge < -0.3 is 10.1 Å². The molecule has 0 saturated carbocycles. The predicted octanol–water partition coefficient (Wildman–Crippen LogP) is 2.60. The van der Waals surface area contributed by atoms with Gasteiger partial charge in [0.1, 0.15) is 18.2 Å². The number of benzene rings is 2. The Kier molecular flexibility index (Phi) is 7.18. The molecule has 1 heterocycles. The Morgan fingerprint density at radius 2 is 1.89 bits per heavy atom. The first-order chi connectivity index (χ1) is 13.0. The van der Waals surface area contributed by atoms with Crippen LogP contribution in [0.1, 0.15) is 11.1 Å². The molecule has 0 amide bonds. The second-order valence-corrected chi connectivity index (χ2v) is 9.93. The third-order valence-corrected chi connectivity index (χ3v) is 7.15. The fourth-order valence-corrected chi connectivity index (χ4v) is 5.00. The van der Waals surface area contributed by atoms with Crippen LogP contribution in [0.25, 0.3) is 0 Å². The van der Waals surface area contributed by atoms with E-state index < -0.39 is 9.84 Å². The first kappa shape index (κ1) is 20.2. The molecule has 1 saturated heterocycles. The van der Waals surface area contributed by atoms with Crippen molar-refractivity contribution in [3.05, 3.63) is 59.7 Å². The summed E-state index contributed by atoms with van der Waals surface area (Å²) in [5, 5.41) is 6.95. The maximum atomic E-state index is 12.2. The quantitative estimate of drug-likeness (QED) is 0.624. The van der Waals surface area contributed by atoms with E-state index in [1.807, 2.05) is 43.0 Å². The zero-order chi connectivity index (χ0) is 19.1. The molecule has 2 N–H and O–H groups in total. The van der Waals surface area contributed by atoms with Gasteiger partial charge in [0.25, 0.3) is 0 Å². The standard InChI is InChI=1S/C20H26N2O3S2/c1-16-2-8-20(9-3-16)27(23,24)15-21-10-11-25-18-6-4-17(5-7-18)12-19-13-22-14-26-19/h2-9,19,21-22H,10-15H2,1H3. The molecule has 3 rings (SSSR count). The van der Waals surface area contributed by atoms with Gasteiger partial charge in [0.2, 0.25) is 0 Å². The van der Waals surface area contributed by atoms with Gasteiger partial charge in [-0.1, -0.05) is 29.8 Å². The fraction of sp³-hybridized carbons (Fsp3) is 0.400. The Labute approximate surface area is 165 Å². The van der Waals surface area contributed by atoms with Crippen molar-refractivity contribution in [3.8, 4) is 5.75 Å². The summed E-state index contributed by atoms with van der Waals surface area (Å²) in [6.45, 7) is 3.89. The molecule has 27 heavy (non-hydrogen) atoms. The number of aryl methyl sites for hydroxylation is 1. The van der Waals surface area contributed by atoms with E-state index >= 15 is 0 Å². The second kappa shape index (κ2) is 9.59. The van der Waals surface area contributed by atoms with Crippen molar-refractivity contribution in [1.29, 1.82) is 0 Å². The number of nitrogens with one attached hydrogen (secondary N) is 2. The molecule has 7 heteroatoms. The molecular weight excluding hydrogens is 380 g/mol. The van der Waals surface area contributed by atoms with E-state index in [4.69, 9.17) is 4.74 Å². The van der Waals surface area contributed by atoms with Crippen LogP contribution < -0.4 is 15.4 Å². The molecule has 1 aliphatic rings. The molecule has 2 aromatic rings. The Balaban J connectivity index is 1.37. The Morgan fingerprint density at radius 3 is 2.56 bits per heavy atom. The van der Waals surface area contributed by atoms with E-state index in [0.29, 0.717) is 23.3 Å². The monoisotopic (exact) mass is 406 g/mol. The lowest BCUT2D eigenvalue weighted by atomic mass is 10.1. The lowest BCUT2D eigenvalue weighted by molar-refractivity contribution is 0.317. The van der Waals surface area contributed by atoms with E-state index in [1.165, 1.54) is 5.56 Å². The van der Waals surface area contributed by atoms with Crippen LogP contribution >= 0.6 is 11.8 Å². The molecular formula is C20H26N2O3S2. The van der Waals surface area contributed by atoms with Crippen LogP contribution in [0.2, 0.25) is 0 Å². The highest BCUT2D eigenvalue weighted by Crippen LogP contribution is 2.21. The van der Waals surface area contributed by atoms with Crippen LogP contribution in [-0.2, 0) is 16.3 Å². The highest BCUT2D eigenvalue weighted by Gasteiger charge is 2.15. The molecule has 0 aromatic heterocycles. The largest absolute Gasteiger partial charge is 0.492 e. The Morgan fingerprint density at radius 1 is 1.15 bits per heavy atom. The third kappa shape index (κ3) is 6.24. The highest BCUT2D eigenvalue weighted by atomic mass is 32.2. The summed E-state index contributed by atoms with van der Waals surface area (Å²) in [7, 11) is -3.31. The summed E-state index contributed by atoms with van der Waals surface area (Å²) >= 11 is 1.96. The summed E-state index contributed by atoms with van der Waals surface area (Å²) in [5.74, 6) is 1.75. The maximum absolute atomic E-state index is 12.2. The topological polar surface area (TPSA) is 67.4 Å². The smallest absolute Gasteiger partial charge is 0.191 e. The van der Waals surface area contributed by atoms with E-state index in [-0.39, 0.29) is 5.88 Å². The number of thioether (sulfide) groups is 1. The lowest BCUT2D eigenvalue weighted by Crippen LogP contribution is -2.27. The maximum Gasteiger partial charge on any atom is 0.191 e. The fourth-order valence-electron chi connectivity index (χ4n) is 2.85. The van der Waals surface area contributed by atoms with Gasteiger partial charge >= 0.3 is 0 Å². The first-order valence-electron chi connectivity index (χ1n) is 9.07. The van der Waals surface area contributed by atoms with Crippen LogP contribution in [0.5, 0.6) is 5.75 Å². The van der Waals surface area contributed by atoms with Crippen LogP contribution in [-0.4, -0.2) is 45.1 Å². The minimum Gasteiger partial charge on any atom is -0.492 e. The van der Waals surface area contributed by atoms with Crippen molar-refractivity contribution in [2.45, 2.75) is 23.5 Å². The van der Waals surface area contributed by atoms with E-state index in [9.17, 15) is 8.42 Å². The van der Waals surface area contributed by atoms with Crippen molar-refractivity contribution in [3.63, 3.8) is 0 Å². The molecule has 0 radical (unpaired) electrons. The SMILES string of the molecule is Cc1ccc(S(=O)(=O)CNCCOc2ccc(CC3CNCS3)cc2)cc1. The molecule has 1 aliphatic heterocycles. The van der Waals surface area contributed by atoms with Crippen LogP contribution in [0, 0.1) is 6.92 Å². The van der Waals surface area contributed by atoms with E-state index in [2.05, 4.69) is 22.8 Å². The van der Waals surface area contributed by atoms with Crippen LogP contribution in [0.15, 0.2) is 53.4 Å². The van der Waals surface area contributed by atoms with Gasteiger partial charge in [0, 0.05) is 24.2 Å². The minimum absolute atomic E-state index is 0.0918.